The summed E-state index contributed by atoms with van der Waals surface area (Å²) in [7, 11) is 0. The second-order valence-electron chi connectivity index (χ2n) is 4.58. The maximum absolute atomic E-state index is 12.6. The summed E-state index contributed by atoms with van der Waals surface area (Å²) in [6.45, 7) is 1.60. The summed E-state index contributed by atoms with van der Waals surface area (Å²) in [6.07, 6.45) is -4.00. The molecule has 4 nitrogen and oxygen atoms in total. The number of benzene rings is 1. The molecule has 1 heterocycles. The molecule has 1 unspecified atom stereocenters. The van der Waals surface area contributed by atoms with Crippen LogP contribution in [0.25, 0.3) is 0 Å². The number of hydrogen-bond acceptors (Lipinski definition) is 4. The summed E-state index contributed by atoms with van der Waals surface area (Å²) in [5.41, 5.74) is 0.710. The highest BCUT2D eigenvalue weighted by Crippen LogP contribution is 2.29. The Hall–Kier alpha value is -1.86. The molecule has 0 bridgehead atoms. The molecule has 1 atom stereocenters. The van der Waals surface area contributed by atoms with Crippen LogP contribution in [0, 0.1) is 6.92 Å². The van der Waals surface area contributed by atoms with E-state index in [0.29, 0.717) is 16.8 Å². The van der Waals surface area contributed by atoms with Crippen molar-refractivity contribution < 1.29 is 27.5 Å². The van der Waals surface area contributed by atoms with E-state index < -0.39 is 17.8 Å². The van der Waals surface area contributed by atoms with Crippen LogP contribution in [0.4, 0.5) is 13.2 Å². The third-order valence-electron chi connectivity index (χ3n) is 2.94. The van der Waals surface area contributed by atoms with Gasteiger partial charge >= 0.3 is 6.18 Å². The quantitative estimate of drug-likeness (QED) is 0.921. The molecule has 1 N–H and O–H groups in total. The van der Waals surface area contributed by atoms with E-state index in [1.54, 1.807) is 6.92 Å². The molecule has 7 heteroatoms. The first-order valence-corrected chi connectivity index (χ1v) is 6.20. The van der Waals surface area contributed by atoms with E-state index in [4.69, 9.17) is 9.26 Å². The number of aryl methyl sites for hydroxylation is 1. The highest BCUT2D eigenvalue weighted by atomic mass is 19.4. The molecule has 21 heavy (non-hydrogen) atoms. The number of hydrogen-bond donors (Lipinski definition) is 1. The number of aliphatic hydroxyl groups is 1. The summed E-state index contributed by atoms with van der Waals surface area (Å²) in [4.78, 5) is 0. The molecule has 0 amide bonds. The van der Waals surface area contributed by atoms with Gasteiger partial charge in [-0.3, -0.25) is 0 Å². The average Bonchev–Trinajstić information content (AvgIpc) is 2.84. The molecule has 0 fully saturated rings. The summed E-state index contributed by atoms with van der Waals surface area (Å²) in [6, 6.07) is 4.88. The second kappa shape index (κ2) is 6.28. The minimum atomic E-state index is -4.38. The number of rotatable bonds is 5. The van der Waals surface area contributed by atoms with Crippen molar-refractivity contribution in [2.75, 3.05) is 6.61 Å². The number of ether oxygens (including phenoxy) is 1. The lowest BCUT2D eigenvalue weighted by Gasteiger charge is -2.11. The van der Waals surface area contributed by atoms with Crippen molar-refractivity contribution in [1.29, 1.82) is 0 Å². The molecule has 1 aromatic carbocycles. The molecule has 1 aromatic heterocycles. The van der Waals surface area contributed by atoms with Gasteiger partial charge in [-0.1, -0.05) is 17.3 Å². The van der Waals surface area contributed by atoms with Gasteiger partial charge in [0.1, 0.15) is 12.4 Å². The number of nitrogens with zero attached hydrogens (tertiary/aromatic N) is 1. The molecule has 0 aliphatic heterocycles. The van der Waals surface area contributed by atoms with Gasteiger partial charge in [0.05, 0.1) is 24.5 Å². The molecule has 114 valence electrons. The average molecular weight is 301 g/mol. The van der Waals surface area contributed by atoms with Crippen LogP contribution in [-0.4, -0.2) is 16.9 Å². The fourth-order valence-corrected chi connectivity index (χ4v) is 1.84. The van der Waals surface area contributed by atoms with E-state index in [1.807, 2.05) is 0 Å². The van der Waals surface area contributed by atoms with Crippen LogP contribution in [0.2, 0.25) is 0 Å². The zero-order valence-electron chi connectivity index (χ0n) is 11.2. The summed E-state index contributed by atoms with van der Waals surface area (Å²) < 4.78 is 47.6. The highest BCUT2D eigenvalue weighted by molar-refractivity contribution is 5.25. The van der Waals surface area contributed by atoms with Crippen molar-refractivity contribution >= 4 is 0 Å². The summed E-state index contributed by atoms with van der Waals surface area (Å²) in [5.74, 6) is 0. The van der Waals surface area contributed by atoms with Gasteiger partial charge in [-0.25, -0.2) is 0 Å². The smallest absolute Gasteiger partial charge is 0.386 e. The third-order valence-corrected chi connectivity index (χ3v) is 2.94. The number of aliphatic hydroxyl groups excluding tert-OH is 1. The summed E-state index contributed by atoms with van der Waals surface area (Å²) >= 11 is 0. The minimum absolute atomic E-state index is 0.0225. The van der Waals surface area contributed by atoms with E-state index >= 15 is 0 Å². The van der Waals surface area contributed by atoms with Crippen LogP contribution in [-0.2, 0) is 17.5 Å². The third kappa shape index (κ3) is 4.05. The lowest BCUT2D eigenvalue weighted by Crippen LogP contribution is -2.09. The standard InChI is InChI=1S/C14H14F3NO3/c1-9-12(7-21-18-9)13(19)8-20-6-10-3-2-4-11(5-10)14(15,16)17/h2-5,7,13,19H,6,8H2,1H3. The molecule has 0 radical (unpaired) electrons. The molecular weight excluding hydrogens is 287 g/mol. The van der Waals surface area contributed by atoms with E-state index in [0.717, 1.165) is 12.1 Å². The molecule has 0 saturated carbocycles. The summed E-state index contributed by atoms with van der Waals surface area (Å²) in [5, 5.41) is 13.5. The Bertz CT molecular complexity index is 595. The van der Waals surface area contributed by atoms with E-state index in [-0.39, 0.29) is 13.2 Å². The predicted molar refractivity (Wildman–Crippen MR) is 67.3 cm³/mol. The Labute approximate surface area is 119 Å². The van der Waals surface area contributed by atoms with Crippen molar-refractivity contribution in [3.8, 4) is 0 Å². The largest absolute Gasteiger partial charge is 0.416 e. The molecule has 0 aliphatic rings. The van der Waals surface area contributed by atoms with Crippen LogP contribution >= 0.6 is 0 Å². The van der Waals surface area contributed by atoms with Gasteiger partial charge in [0.15, 0.2) is 0 Å². The van der Waals surface area contributed by atoms with E-state index in [2.05, 4.69) is 5.16 Å². The second-order valence-corrected chi connectivity index (χ2v) is 4.58. The van der Waals surface area contributed by atoms with Gasteiger partial charge in [0.2, 0.25) is 0 Å². The first-order valence-electron chi connectivity index (χ1n) is 6.20. The topological polar surface area (TPSA) is 55.5 Å². The van der Waals surface area contributed by atoms with Gasteiger partial charge in [-0.05, 0) is 24.6 Å². The van der Waals surface area contributed by atoms with Crippen LogP contribution in [0.3, 0.4) is 0 Å². The van der Waals surface area contributed by atoms with E-state index in [1.165, 1.54) is 18.4 Å². The zero-order chi connectivity index (χ0) is 15.5. The van der Waals surface area contributed by atoms with Gasteiger partial charge in [0, 0.05) is 5.56 Å². The van der Waals surface area contributed by atoms with Crippen molar-refractivity contribution in [3.05, 3.63) is 52.9 Å². The first kappa shape index (κ1) is 15.5. The van der Waals surface area contributed by atoms with Crippen molar-refractivity contribution in [1.82, 2.24) is 5.16 Å². The SMILES string of the molecule is Cc1nocc1C(O)COCc1cccc(C(F)(F)F)c1. The first-order chi connectivity index (χ1) is 9.88. The Morgan fingerprint density at radius 3 is 2.76 bits per heavy atom. The molecule has 2 aromatic rings. The van der Waals surface area contributed by atoms with Crippen LogP contribution in [0.15, 0.2) is 35.1 Å². The van der Waals surface area contributed by atoms with Gasteiger partial charge in [-0.2, -0.15) is 13.2 Å². The molecule has 0 saturated heterocycles. The minimum Gasteiger partial charge on any atom is -0.386 e. The Morgan fingerprint density at radius 2 is 2.14 bits per heavy atom. The zero-order valence-corrected chi connectivity index (χ0v) is 11.2. The maximum atomic E-state index is 12.6. The number of aromatic nitrogens is 1. The molecule has 0 aliphatic carbocycles. The van der Waals surface area contributed by atoms with Crippen LogP contribution < -0.4 is 0 Å². The predicted octanol–water partition coefficient (Wildman–Crippen LogP) is 3.25. The number of alkyl halides is 3. The van der Waals surface area contributed by atoms with Crippen LogP contribution in [0.1, 0.15) is 28.5 Å². The monoisotopic (exact) mass is 301 g/mol. The number of halogens is 3. The Kier molecular flexibility index (Phi) is 4.64. The molecule has 2 rings (SSSR count). The van der Waals surface area contributed by atoms with Crippen LogP contribution in [0.5, 0.6) is 0 Å². The Balaban J connectivity index is 1.91. The highest BCUT2D eigenvalue weighted by Gasteiger charge is 2.30. The van der Waals surface area contributed by atoms with Crippen molar-refractivity contribution in [2.45, 2.75) is 25.8 Å². The lowest BCUT2D eigenvalue weighted by atomic mass is 10.1. The van der Waals surface area contributed by atoms with Crippen molar-refractivity contribution in [3.63, 3.8) is 0 Å². The Morgan fingerprint density at radius 1 is 1.38 bits per heavy atom. The fraction of sp³-hybridized carbons (Fsp3) is 0.357. The molecular formula is C14H14F3NO3. The maximum Gasteiger partial charge on any atom is 0.416 e. The van der Waals surface area contributed by atoms with E-state index in [9.17, 15) is 18.3 Å². The van der Waals surface area contributed by atoms with Gasteiger partial charge in [0.25, 0.3) is 0 Å². The van der Waals surface area contributed by atoms with Gasteiger partial charge < -0.3 is 14.4 Å². The van der Waals surface area contributed by atoms with Gasteiger partial charge in [-0.15, -0.1) is 0 Å². The lowest BCUT2D eigenvalue weighted by molar-refractivity contribution is -0.137. The normalized spacial score (nSPS) is 13.4. The van der Waals surface area contributed by atoms with Crippen molar-refractivity contribution in [2.24, 2.45) is 0 Å². The fourth-order valence-electron chi connectivity index (χ4n) is 1.84. The molecule has 0 spiro atoms.